The van der Waals surface area contributed by atoms with Gasteiger partial charge in [-0.05, 0) is 12.1 Å². The van der Waals surface area contributed by atoms with Crippen LogP contribution in [0, 0.1) is 0 Å². The van der Waals surface area contributed by atoms with E-state index >= 15 is 0 Å². The number of nitrogens with one attached hydrogen (secondary N) is 2. The van der Waals surface area contributed by atoms with Crippen LogP contribution in [-0.2, 0) is 4.79 Å². The Labute approximate surface area is 104 Å². The third-order valence-corrected chi connectivity index (χ3v) is 2.06. The van der Waals surface area contributed by atoms with Gasteiger partial charge in [0.15, 0.2) is 11.5 Å². The van der Waals surface area contributed by atoms with Crippen LogP contribution < -0.4 is 25.8 Å². The zero-order chi connectivity index (χ0) is 13.5. The van der Waals surface area contributed by atoms with Gasteiger partial charge in [-0.2, -0.15) is 0 Å². The van der Waals surface area contributed by atoms with Crippen molar-refractivity contribution in [3.8, 4) is 11.5 Å². The number of ether oxygens (including phenoxy) is 2. The van der Waals surface area contributed by atoms with Crippen LogP contribution in [0.1, 0.15) is 0 Å². The highest BCUT2D eigenvalue weighted by Crippen LogP contribution is 2.29. The van der Waals surface area contributed by atoms with Gasteiger partial charge in [0.2, 0.25) is 5.91 Å². The van der Waals surface area contributed by atoms with Crippen LogP contribution in [0.25, 0.3) is 0 Å². The SMILES string of the molecule is COc1ccc(NC(=O)NCC(N)=O)cc1OC. The summed E-state index contributed by atoms with van der Waals surface area (Å²) in [6.07, 6.45) is 0. The molecule has 1 aromatic carbocycles. The van der Waals surface area contributed by atoms with Gasteiger partial charge in [-0.25, -0.2) is 4.79 Å². The van der Waals surface area contributed by atoms with Crippen LogP contribution in [0.4, 0.5) is 10.5 Å². The number of hydrogen-bond donors (Lipinski definition) is 3. The summed E-state index contributed by atoms with van der Waals surface area (Å²) in [7, 11) is 3.01. The van der Waals surface area contributed by atoms with Crippen LogP contribution in [0.2, 0.25) is 0 Å². The number of carbonyl (C=O) groups excluding carboxylic acids is 2. The normalized spacial score (nSPS) is 9.44. The van der Waals surface area contributed by atoms with Crippen LogP contribution in [0.5, 0.6) is 11.5 Å². The summed E-state index contributed by atoms with van der Waals surface area (Å²) >= 11 is 0. The lowest BCUT2D eigenvalue weighted by atomic mass is 10.3. The fraction of sp³-hybridized carbons (Fsp3) is 0.273. The topological polar surface area (TPSA) is 103 Å². The lowest BCUT2D eigenvalue weighted by molar-refractivity contribution is -0.117. The summed E-state index contributed by atoms with van der Waals surface area (Å²) in [5.74, 6) is 0.434. The molecular formula is C11H15N3O4. The molecular weight excluding hydrogens is 238 g/mol. The van der Waals surface area contributed by atoms with E-state index in [-0.39, 0.29) is 6.54 Å². The molecule has 1 aromatic rings. The van der Waals surface area contributed by atoms with Gasteiger partial charge in [0.25, 0.3) is 0 Å². The predicted molar refractivity (Wildman–Crippen MR) is 65.8 cm³/mol. The number of nitrogens with two attached hydrogens (primary N) is 1. The molecule has 0 saturated heterocycles. The van der Waals surface area contributed by atoms with Crippen molar-refractivity contribution in [3.05, 3.63) is 18.2 Å². The van der Waals surface area contributed by atoms with Crippen molar-refractivity contribution < 1.29 is 19.1 Å². The molecule has 1 rings (SSSR count). The van der Waals surface area contributed by atoms with Gasteiger partial charge in [-0.1, -0.05) is 0 Å². The van der Waals surface area contributed by atoms with Crippen LogP contribution >= 0.6 is 0 Å². The van der Waals surface area contributed by atoms with E-state index in [1.807, 2.05) is 0 Å². The molecule has 0 saturated carbocycles. The minimum Gasteiger partial charge on any atom is -0.493 e. The first-order valence-corrected chi connectivity index (χ1v) is 5.12. The number of urea groups is 1. The summed E-state index contributed by atoms with van der Waals surface area (Å²) in [5, 5.41) is 4.83. The van der Waals surface area contributed by atoms with E-state index in [1.54, 1.807) is 18.2 Å². The van der Waals surface area contributed by atoms with Crippen molar-refractivity contribution in [3.63, 3.8) is 0 Å². The molecule has 0 aliphatic heterocycles. The molecule has 0 fully saturated rings. The van der Waals surface area contributed by atoms with Gasteiger partial charge < -0.3 is 25.8 Å². The predicted octanol–water partition coefficient (Wildman–Crippen LogP) is 0.311. The second kappa shape index (κ2) is 6.33. The third kappa shape index (κ3) is 3.85. The van der Waals surface area contributed by atoms with E-state index in [1.165, 1.54) is 14.2 Å². The Morgan fingerprint density at radius 3 is 2.44 bits per heavy atom. The molecule has 3 amide bonds. The number of amides is 3. The van der Waals surface area contributed by atoms with Crippen LogP contribution in [0.15, 0.2) is 18.2 Å². The number of hydrogen-bond acceptors (Lipinski definition) is 4. The maximum absolute atomic E-state index is 11.4. The van der Waals surface area contributed by atoms with Crippen LogP contribution in [-0.4, -0.2) is 32.7 Å². The van der Waals surface area contributed by atoms with Gasteiger partial charge >= 0.3 is 6.03 Å². The molecule has 0 heterocycles. The van der Waals surface area contributed by atoms with Gasteiger partial charge in [0, 0.05) is 11.8 Å². The van der Waals surface area contributed by atoms with Crippen molar-refractivity contribution >= 4 is 17.6 Å². The quantitative estimate of drug-likeness (QED) is 0.702. The number of rotatable bonds is 5. The molecule has 4 N–H and O–H groups in total. The molecule has 7 heteroatoms. The summed E-state index contributed by atoms with van der Waals surface area (Å²) < 4.78 is 10.1. The molecule has 0 aromatic heterocycles. The minimum atomic E-state index is -0.613. The largest absolute Gasteiger partial charge is 0.493 e. The standard InChI is InChI=1S/C11H15N3O4/c1-17-8-4-3-7(5-9(8)18-2)14-11(16)13-6-10(12)15/h3-5H,6H2,1-2H3,(H2,12,15)(H2,13,14,16). The second-order valence-electron chi connectivity index (χ2n) is 3.34. The van der Waals surface area contributed by atoms with Crippen molar-refractivity contribution in [2.75, 3.05) is 26.1 Å². The molecule has 0 aliphatic carbocycles. The highest BCUT2D eigenvalue weighted by Gasteiger charge is 2.07. The Hall–Kier alpha value is -2.44. The zero-order valence-electron chi connectivity index (χ0n) is 10.1. The average molecular weight is 253 g/mol. The fourth-order valence-corrected chi connectivity index (χ4v) is 1.26. The van der Waals surface area contributed by atoms with Gasteiger partial charge in [-0.3, -0.25) is 4.79 Å². The third-order valence-electron chi connectivity index (χ3n) is 2.06. The smallest absolute Gasteiger partial charge is 0.319 e. The average Bonchev–Trinajstić information content (AvgIpc) is 2.36. The highest BCUT2D eigenvalue weighted by molar-refractivity contribution is 5.92. The van der Waals surface area contributed by atoms with Gasteiger partial charge in [0.1, 0.15) is 0 Å². The molecule has 18 heavy (non-hydrogen) atoms. The summed E-state index contributed by atoms with van der Waals surface area (Å²) in [6, 6.07) is 4.37. The minimum absolute atomic E-state index is 0.223. The number of methoxy groups -OCH3 is 2. The lowest BCUT2D eigenvalue weighted by Crippen LogP contribution is -2.36. The molecule has 0 radical (unpaired) electrons. The summed E-state index contributed by atoms with van der Waals surface area (Å²) in [6.45, 7) is -0.223. The van der Waals surface area contributed by atoms with Crippen LogP contribution in [0.3, 0.4) is 0 Å². The zero-order valence-corrected chi connectivity index (χ0v) is 10.1. The monoisotopic (exact) mass is 253 g/mol. The van der Waals surface area contributed by atoms with E-state index in [4.69, 9.17) is 15.2 Å². The number of primary amides is 1. The van der Waals surface area contributed by atoms with Gasteiger partial charge in [0.05, 0.1) is 20.8 Å². The number of benzene rings is 1. The summed E-state index contributed by atoms with van der Waals surface area (Å²) in [5.41, 5.74) is 5.41. The Kier molecular flexibility index (Phi) is 4.79. The van der Waals surface area contributed by atoms with E-state index in [0.29, 0.717) is 17.2 Å². The van der Waals surface area contributed by atoms with Crippen molar-refractivity contribution in [2.45, 2.75) is 0 Å². The first kappa shape index (κ1) is 13.6. The molecule has 7 nitrogen and oxygen atoms in total. The van der Waals surface area contributed by atoms with E-state index in [2.05, 4.69) is 10.6 Å². The molecule has 98 valence electrons. The van der Waals surface area contributed by atoms with Gasteiger partial charge in [-0.15, -0.1) is 0 Å². The number of carbonyl (C=O) groups is 2. The maximum Gasteiger partial charge on any atom is 0.319 e. The number of anilines is 1. The Balaban J connectivity index is 2.67. The highest BCUT2D eigenvalue weighted by atomic mass is 16.5. The van der Waals surface area contributed by atoms with Crippen molar-refractivity contribution in [2.24, 2.45) is 5.73 Å². The van der Waals surface area contributed by atoms with E-state index in [9.17, 15) is 9.59 Å². The Bertz CT molecular complexity index is 448. The first-order valence-electron chi connectivity index (χ1n) is 5.12. The molecule has 0 bridgehead atoms. The maximum atomic E-state index is 11.4. The van der Waals surface area contributed by atoms with Crippen molar-refractivity contribution in [1.29, 1.82) is 0 Å². The fourth-order valence-electron chi connectivity index (χ4n) is 1.26. The lowest BCUT2D eigenvalue weighted by Gasteiger charge is -2.10. The Morgan fingerprint density at radius 2 is 1.89 bits per heavy atom. The Morgan fingerprint density at radius 1 is 1.22 bits per heavy atom. The first-order chi connectivity index (χ1) is 8.56. The second-order valence-corrected chi connectivity index (χ2v) is 3.34. The molecule has 0 unspecified atom stereocenters. The molecule has 0 spiro atoms. The molecule has 0 aliphatic rings. The van der Waals surface area contributed by atoms with Crippen molar-refractivity contribution in [1.82, 2.24) is 5.32 Å². The molecule has 0 atom stereocenters. The van der Waals surface area contributed by atoms with E-state index in [0.717, 1.165) is 0 Å². The van der Waals surface area contributed by atoms with E-state index < -0.39 is 11.9 Å². The summed E-state index contributed by atoms with van der Waals surface area (Å²) in [4.78, 5) is 21.9.